The summed E-state index contributed by atoms with van der Waals surface area (Å²) in [6.45, 7) is 9.52. The Kier molecular flexibility index (Phi) is 9.78. The highest BCUT2D eigenvalue weighted by Crippen LogP contribution is 2.17. The van der Waals surface area contributed by atoms with E-state index in [-0.39, 0.29) is 12.2 Å². The Hall–Kier alpha value is -2.64. The highest BCUT2D eigenvalue weighted by molar-refractivity contribution is 5.93. The summed E-state index contributed by atoms with van der Waals surface area (Å²) >= 11 is 0. The second-order valence-electron chi connectivity index (χ2n) is 8.24. The SMILES string of the molecule is Cc1cccc(CN=C(NCCCOCC2CCCO2)Nc2ccc(OC(C)C)cc2)n1. The molecular formula is C25H36N4O3. The predicted molar refractivity (Wildman–Crippen MR) is 128 cm³/mol. The normalized spacial score (nSPS) is 16.4. The first-order valence-electron chi connectivity index (χ1n) is 11.5. The molecule has 174 valence electrons. The molecule has 7 heteroatoms. The highest BCUT2D eigenvalue weighted by Gasteiger charge is 2.14. The number of guanidine groups is 1. The van der Waals surface area contributed by atoms with Gasteiger partial charge in [0.2, 0.25) is 0 Å². The summed E-state index contributed by atoms with van der Waals surface area (Å²) in [5.41, 5.74) is 2.87. The molecule has 0 bridgehead atoms. The minimum Gasteiger partial charge on any atom is -0.491 e. The van der Waals surface area contributed by atoms with Gasteiger partial charge in [0.1, 0.15) is 5.75 Å². The zero-order chi connectivity index (χ0) is 22.6. The maximum Gasteiger partial charge on any atom is 0.196 e. The topological polar surface area (TPSA) is 77.0 Å². The number of nitrogens with one attached hydrogen (secondary N) is 2. The van der Waals surface area contributed by atoms with Crippen LogP contribution in [0.25, 0.3) is 0 Å². The molecule has 2 N–H and O–H groups in total. The third kappa shape index (κ3) is 8.85. The summed E-state index contributed by atoms with van der Waals surface area (Å²) in [5.74, 6) is 1.56. The Labute approximate surface area is 191 Å². The van der Waals surface area contributed by atoms with E-state index in [0.717, 1.165) is 55.2 Å². The van der Waals surface area contributed by atoms with Gasteiger partial charge in [0.15, 0.2) is 5.96 Å². The summed E-state index contributed by atoms with van der Waals surface area (Å²) in [7, 11) is 0. The van der Waals surface area contributed by atoms with Crippen LogP contribution in [-0.4, -0.2) is 49.5 Å². The number of nitrogens with zero attached hydrogens (tertiary/aromatic N) is 2. The van der Waals surface area contributed by atoms with Crippen LogP contribution in [0.2, 0.25) is 0 Å². The Bertz CT molecular complexity index is 833. The lowest BCUT2D eigenvalue weighted by Crippen LogP contribution is -2.32. The maximum absolute atomic E-state index is 5.76. The molecular weight excluding hydrogens is 404 g/mol. The number of aliphatic imine (C=N–C) groups is 1. The van der Waals surface area contributed by atoms with Crippen LogP contribution in [0.15, 0.2) is 47.5 Å². The van der Waals surface area contributed by atoms with Crippen molar-refractivity contribution in [3.63, 3.8) is 0 Å². The van der Waals surface area contributed by atoms with Crippen LogP contribution in [-0.2, 0) is 16.0 Å². The van der Waals surface area contributed by atoms with Gasteiger partial charge in [-0.1, -0.05) is 6.07 Å². The first-order chi connectivity index (χ1) is 15.6. The molecule has 32 heavy (non-hydrogen) atoms. The minimum absolute atomic E-state index is 0.150. The fourth-order valence-electron chi connectivity index (χ4n) is 3.38. The molecule has 7 nitrogen and oxygen atoms in total. The average molecular weight is 441 g/mol. The van der Waals surface area contributed by atoms with Gasteiger partial charge in [-0.15, -0.1) is 0 Å². The summed E-state index contributed by atoms with van der Waals surface area (Å²) < 4.78 is 17.1. The average Bonchev–Trinajstić information content (AvgIpc) is 3.29. The van der Waals surface area contributed by atoms with Gasteiger partial charge >= 0.3 is 0 Å². The lowest BCUT2D eigenvalue weighted by Gasteiger charge is -2.15. The largest absolute Gasteiger partial charge is 0.491 e. The summed E-state index contributed by atoms with van der Waals surface area (Å²) in [6.07, 6.45) is 3.55. The van der Waals surface area contributed by atoms with E-state index in [4.69, 9.17) is 19.2 Å². The number of hydrogen-bond acceptors (Lipinski definition) is 5. The smallest absolute Gasteiger partial charge is 0.196 e. The molecule has 0 radical (unpaired) electrons. The third-order valence-corrected chi connectivity index (χ3v) is 4.92. The maximum atomic E-state index is 5.76. The van der Waals surface area contributed by atoms with Crippen LogP contribution in [0.1, 0.15) is 44.5 Å². The van der Waals surface area contributed by atoms with Crippen molar-refractivity contribution in [2.75, 3.05) is 31.7 Å². The van der Waals surface area contributed by atoms with Crippen molar-refractivity contribution >= 4 is 11.6 Å². The van der Waals surface area contributed by atoms with Crippen molar-refractivity contribution in [2.24, 2.45) is 4.99 Å². The van der Waals surface area contributed by atoms with Crippen molar-refractivity contribution in [2.45, 2.75) is 58.8 Å². The van der Waals surface area contributed by atoms with Gasteiger partial charge in [0.05, 0.1) is 31.1 Å². The summed E-state index contributed by atoms with van der Waals surface area (Å²) in [5, 5.41) is 6.77. The third-order valence-electron chi connectivity index (χ3n) is 4.92. The number of ether oxygens (including phenoxy) is 3. The molecule has 1 saturated heterocycles. The summed E-state index contributed by atoms with van der Waals surface area (Å²) in [4.78, 5) is 9.26. The predicted octanol–water partition coefficient (Wildman–Crippen LogP) is 4.32. The van der Waals surface area contributed by atoms with Crippen LogP contribution in [0.3, 0.4) is 0 Å². The second kappa shape index (κ2) is 13.0. The molecule has 1 aromatic heterocycles. The van der Waals surface area contributed by atoms with E-state index >= 15 is 0 Å². The molecule has 0 spiro atoms. The Balaban J connectivity index is 1.51. The minimum atomic E-state index is 0.150. The van der Waals surface area contributed by atoms with Crippen molar-refractivity contribution in [1.29, 1.82) is 0 Å². The molecule has 2 heterocycles. The van der Waals surface area contributed by atoms with Crippen molar-refractivity contribution < 1.29 is 14.2 Å². The Morgan fingerprint density at radius 1 is 1.22 bits per heavy atom. The molecule has 1 fully saturated rings. The Morgan fingerprint density at radius 3 is 2.78 bits per heavy atom. The van der Waals surface area contributed by atoms with Gasteiger partial charge in [0, 0.05) is 31.1 Å². The van der Waals surface area contributed by atoms with E-state index in [1.165, 1.54) is 0 Å². The van der Waals surface area contributed by atoms with Gasteiger partial charge in [-0.2, -0.15) is 0 Å². The van der Waals surface area contributed by atoms with Crippen molar-refractivity contribution in [3.8, 4) is 5.75 Å². The summed E-state index contributed by atoms with van der Waals surface area (Å²) in [6, 6.07) is 13.9. The Morgan fingerprint density at radius 2 is 2.06 bits per heavy atom. The van der Waals surface area contributed by atoms with Gasteiger partial charge in [-0.3, -0.25) is 4.98 Å². The molecule has 1 atom stereocenters. The number of rotatable bonds is 11. The molecule has 1 aliphatic rings. The fourth-order valence-corrected chi connectivity index (χ4v) is 3.38. The monoisotopic (exact) mass is 440 g/mol. The first kappa shape index (κ1) is 24.0. The zero-order valence-corrected chi connectivity index (χ0v) is 19.5. The molecule has 0 amide bonds. The van der Waals surface area contributed by atoms with Crippen LogP contribution in [0.4, 0.5) is 5.69 Å². The highest BCUT2D eigenvalue weighted by atomic mass is 16.5. The van der Waals surface area contributed by atoms with Crippen molar-refractivity contribution in [1.82, 2.24) is 10.3 Å². The standard InChI is InChI=1S/C25H36N4O3/c1-19(2)32-23-12-10-21(11-13-23)29-25(27-17-22-8-4-7-20(3)28-22)26-14-6-15-30-18-24-9-5-16-31-24/h4,7-8,10-13,19,24H,5-6,9,14-18H2,1-3H3,(H2,26,27,29). The number of anilines is 1. The lowest BCUT2D eigenvalue weighted by atomic mass is 10.2. The second-order valence-corrected chi connectivity index (χ2v) is 8.24. The van der Waals surface area contributed by atoms with E-state index in [1.807, 2.05) is 63.2 Å². The van der Waals surface area contributed by atoms with E-state index in [1.54, 1.807) is 0 Å². The number of benzene rings is 1. The van der Waals surface area contributed by atoms with Crippen molar-refractivity contribution in [3.05, 3.63) is 53.9 Å². The molecule has 0 aliphatic carbocycles. The van der Waals surface area contributed by atoms with E-state index in [2.05, 4.69) is 15.6 Å². The quantitative estimate of drug-likeness (QED) is 0.308. The van der Waals surface area contributed by atoms with Gasteiger partial charge in [0.25, 0.3) is 0 Å². The first-order valence-corrected chi connectivity index (χ1v) is 11.5. The fraction of sp³-hybridized carbons (Fsp3) is 0.520. The molecule has 2 aromatic rings. The van der Waals surface area contributed by atoms with Gasteiger partial charge < -0.3 is 24.8 Å². The van der Waals surface area contributed by atoms with Crippen LogP contribution < -0.4 is 15.4 Å². The van der Waals surface area contributed by atoms with Crippen LogP contribution >= 0.6 is 0 Å². The zero-order valence-electron chi connectivity index (χ0n) is 19.5. The van der Waals surface area contributed by atoms with Gasteiger partial charge in [-0.25, -0.2) is 4.99 Å². The van der Waals surface area contributed by atoms with E-state index in [9.17, 15) is 0 Å². The van der Waals surface area contributed by atoms with Crippen LogP contribution in [0, 0.1) is 6.92 Å². The van der Waals surface area contributed by atoms with Crippen LogP contribution in [0.5, 0.6) is 5.75 Å². The van der Waals surface area contributed by atoms with E-state index < -0.39 is 0 Å². The number of pyridine rings is 1. The molecule has 1 aromatic carbocycles. The number of hydrogen-bond donors (Lipinski definition) is 2. The molecule has 1 aliphatic heterocycles. The van der Waals surface area contributed by atoms with Gasteiger partial charge in [-0.05, 0) is 76.4 Å². The molecule has 1 unspecified atom stereocenters. The number of aryl methyl sites for hydroxylation is 1. The molecule has 3 rings (SSSR count). The number of aromatic nitrogens is 1. The molecule has 0 saturated carbocycles. The van der Waals surface area contributed by atoms with E-state index in [0.29, 0.717) is 25.7 Å². The lowest BCUT2D eigenvalue weighted by molar-refractivity contribution is 0.0168.